The Morgan fingerprint density at radius 3 is 2.67 bits per heavy atom. The topological polar surface area (TPSA) is 48.9 Å². The van der Waals surface area contributed by atoms with E-state index in [1.165, 1.54) is 10.6 Å². The third kappa shape index (κ3) is 8.00. The summed E-state index contributed by atoms with van der Waals surface area (Å²) in [5.74, 6) is 0.956. The first-order chi connectivity index (χ1) is 14.8. The second kappa shape index (κ2) is 13.3. The maximum atomic E-state index is 5.77. The van der Waals surface area contributed by atoms with Gasteiger partial charge in [0.2, 0.25) is 0 Å². The van der Waals surface area contributed by atoms with Gasteiger partial charge in [0.05, 0.1) is 11.6 Å². The predicted octanol–water partition coefficient (Wildman–Crippen LogP) is 4.31. The number of aliphatic imine (C=N–C) groups is 1. The molecule has 3 rings (SSSR count). The van der Waals surface area contributed by atoms with Gasteiger partial charge in [-0.05, 0) is 62.1 Å². The molecule has 1 aromatic carbocycles. The number of nitrogens with zero attached hydrogens (tertiary/aromatic N) is 2. The minimum atomic E-state index is 0.500. The molecule has 30 heavy (non-hydrogen) atoms. The normalized spacial score (nSPS) is 15.4. The number of ether oxygens (including phenoxy) is 1. The molecule has 2 heterocycles. The zero-order valence-corrected chi connectivity index (χ0v) is 19.0. The minimum absolute atomic E-state index is 0.500. The maximum absolute atomic E-state index is 5.77. The Kier molecular flexibility index (Phi) is 10.0. The molecule has 0 atom stereocenters. The van der Waals surface area contributed by atoms with E-state index in [0.29, 0.717) is 6.04 Å². The number of rotatable bonds is 11. The van der Waals surface area contributed by atoms with Crippen molar-refractivity contribution in [1.82, 2.24) is 10.6 Å². The lowest BCUT2D eigenvalue weighted by molar-refractivity contribution is 0.134. The van der Waals surface area contributed by atoms with Gasteiger partial charge in [-0.1, -0.05) is 30.3 Å². The lowest BCUT2D eigenvalue weighted by Gasteiger charge is -2.33. The molecule has 0 saturated carbocycles. The Hall–Kier alpha value is -2.05. The highest BCUT2D eigenvalue weighted by Crippen LogP contribution is 2.24. The zero-order valence-electron chi connectivity index (χ0n) is 18.2. The highest BCUT2D eigenvalue weighted by Gasteiger charge is 2.20. The first kappa shape index (κ1) is 22.6. The lowest BCUT2D eigenvalue weighted by Crippen LogP contribution is -2.48. The van der Waals surface area contributed by atoms with Crippen LogP contribution >= 0.6 is 11.3 Å². The number of thiophene rings is 1. The summed E-state index contributed by atoms with van der Waals surface area (Å²) < 4.78 is 5.77. The highest BCUT2D eigenvalue weighted by atomic mass is 32.1. The van der Waals surface area contributed by atoms with Crippen LogP contribution in [-0.4, -0.2) is 51.4 Å². The van der Waals surface area contributed by atoms with Crippen LogP contribution in [0.5, 0.6) is 0 Å². The van der Waals surface area contributed by atoms with Crippen molar-refractivity contribution < 1.29 is 4.74 Å². The van der Waals surface area contributed by atoms with Crippen LogP contribution in [0, 0.1) is 0 Å². The van der Waals surface area contributed by atoms with Gasteiger partial charge in [-0.25, -0.2) is 0 Å². The quantitative estimate of drug-likeness (QED) is 0.318. The van der Waals surface area contributed by atoms with Gasteiger partial charge in [0, 0.05) is 38.8 Å². The van der Waals surface area contributed by atoms with Crippen LogP contribution in [0.1, 0.15) is 38.2 Å². The summed E-state index contributed by atoms with van der Waals surface area (Å²) in [7, 11) is 0. The summed E-state index contributed by atoms with van der Waals surface area (Å²) >= 11 is 1.83. The standard InChI is InChI=1S/C24H36N4OS/c1-2-25-24(27-22-12-16-28(17-13-22)23-11-8-20-30-23)26-15-6-7-18-29-19-14-21-9-4-3-5-10-21/h3-5,8-11,20,22H,2,6-7,12-19H2,1H3,(H2,25,26,27). The van der Waals surface area contributed by atoms with Crippen LogP contribution in [0.25, 0.3) is 0 Å². The van der Waals surface area contributed by atoms with E-state index >= 15 is 0 Å². The van der Waals surface area contributed by atoms with Gasteiger partial charge in [-0.3, -0.25) is 4.99 Å². The van der Waals surface area contributed by atoms with Gasteiger partial charge in [0.15, 0.2) is 5.96 Å². The number of benzene rings is 1. The van der Waals surface area contributed by atoms with Gasteiger partial charge >= 0.3 is 0 Å². The molecule has 1 aliphatic rings. The number of piperidine rings is 1. The van der Waals surface area contributed by atoms with Crippen molar-refractivity contribution in [3.63, 3.8) is 0 Å². The van der Waals surface area contributed by atoms with Crippen LogP contribution in [0.15, 0.2) is 52.8 Å². The molecule has 6 heteroatoms. The van der Waals surface area contributed by atoms with Gasteiger partial charge in [0.1, 0.15) is 0 Å². The number of guanidine groups is 1. The van der Waals surface area contributed by atoms with E-state index in [9.17, 15) is 0 Å². The summed E-state index contributed by atoms with van der Waals surface area (Å²) in [6.07, 6.45) is 5.39. The first-order valence-electron chi connectivity index (χ1n) is 11.3. The van der Waals surface area contributed by atoms with E-state index in [-0.39, 0.29) is 0 Å². The Balaban J connectivity index is 1.28. The van der Waals surface area contributed by atoms with Gasteiger partial charge < -0.3 is 20.3 Å². The van der Waals surface area contributed by atoms with E-state index < -0.39 is 0 Å². The predicted molar refractivity (Wildman–Crippen MR) is 129 cm³/mol. The monoisotopic (exact) mass is 428 g/mol. The largest absolute Gasteiger partial charge is 0.381 e. The second-order valence-corrected chi connectivity index (χ2v) is 8.60. The molecule has 1 fully saturated rings. The van der Waals surface area contributed by atoms with Crippen molar-refractivity contribution in [1.29, 1.82) is 0 Å². The molecule has 5 nitrogen and oxygen atoms in total. The summed E-state index contributed by atoms with van der Waals surface area (Å²) in [6, 6.07) is 15.4. The molecular formula is C24H36N4OS. The minimum Gasteiger partial charge on any atom is -0.381 e. The molecule has 2 N–H and O–H groups in total. The Morgan fingerprint density at radius 1 is 1.10 bits per heavy atom. The van der Waals surface area contributed by atoms with Crippen LogP contribution in [-0.2, 0) is 11.2 Å². The molecule has 164 valence electrons. The van der Waals surface area contributed by atoms with Crippen molar-refractivity contribution >= 4 is 22.3 Å². The molecule has 0 bridgehead atoms. The summed E-state index contributed by atoms with van der Waals surface area (Å²) in [5, 5.41) is 10.6. The fraction of sp³-hybridized carbons (Fsp3) is 0.542. The zero-order chi connectivity index (χ0) is 20.9. The third-order valence-electron chi connectivity index (χ3n) is 5.34. The Morgan fingerprint density at radius 2 is 1.93 bits per heavy atom. The molecule has 0 amide bonds. The number of nitrogens with one attached hydrogen (secondary N) is 2. The SMILES string of the molecule is CCNC(=NCCCCOCCc1ccccc1)NC1CCN(c2cccs2)CC1. The molecule has 0 unspecified atom stereocenters. The highest BCUT2D eigenvalue weighted by molar-refractivity contribution is 7.14. The average molecular weight is 429 g/mol. The number of unbranched alkanes of at least 4 members (excludes halogenated alkanes) is 1. The molecule has 0 radical (unpaired) electrons. The van der Waals surface area contributed by atoms with Crippen LogP contribution in [0.4, 0.5) is 5.00 Å². The van der Waals surface area contributed by atoms with Crippen molar-refractivity contribution in [2.24, 2.45) is 4.99 Å². The van der Waals surface area contributed by atoms with E-state index in [2.05, 4.69) is 70.3 Å². The van der Waals surface area contributed by atoms with E-state index in [0.717, 1.165) is 77.5 Å². The maximum Gasteiger partial charge on any atom is 0.191 e. The second-order valence-electron chi connectivity index (χ2n) is 7.67. The number of hydrogen-bond donors (Lipinski definition) is 2. The number of hydrogen-bond acceptors (Lipinski definition) is 4. The van der Waals surface area contributed by atoms with E-state index in [4.69, 9.17) is 9.73 Å². The molecular weight excluding hydrogens is 392 g/mol. The summed E-state index contributed by atoms with van der Waals surface area (Å²) in [4.78, 5) is 7.26. The van der Waals surface area contributed by atoms with E-state index in [1.54, 1.807) is 0 Å². The van der Waals surface area contributed by atoms with Crippen LogP contribution in [0.3, 0.4) is 0 Å². The van der Waals surface area contributed by atoms with Crippen molar-refractivity contribution in [3.05, 3.63) is 53.4 Å². The first-order valence-corrected chi connectivity index (χ1v) is 12.2. The molecule has 1 aromatic heterocycles. The molecule has 1 aliphatic heterocycles. The Labute approximate surface area is 185 Å². The lowest BCUT2D eigenvalue weighted by atomic mass is 10.1. The molecule has 0 aliphatic carbocycles. The van der Waals surface area contributed by atoms with Crippen LogP contribution in [0.2, 0.25) is 0 Å². The van der Waals surface area contributed by atoms with Gasteiger partial charge in [-0.15, -0.1) is 11.3 Å². The van der Waals surface area contributed by atoms with E-state index in [1.807, 2.05) is 11.3 Å². The Bertz CT molecular complexity index is 712. The molecule has 0 spiro atoms. The summed E-state index contributed by atoms with van der Waals surface area (Å²) in [6.45, 7) is 7.68. The van der Waals surface area contributed by atoms with Crippen molar-refractivity contribution in [2.45, 2.75) is 45.1 Å². The third-order valence-corrected chi connectivity index (χ3v) is 6.27. The fourth-order valence-electron chi connectivity index (χ4n) is 3.65. The smallest absolute Gasteiger partial charge is 0.191 e. The fourth-order valence-corrected chi connectivity index (χ4v) is 4.44. The molecule has 1 saturated heterocycles. The van der Waals surface area contributed by atoms with Crippen molar-refractivity contribution in [2.75, 3.05) is 44.3 Å². The van der Waals surface area contributed by atoms with Gasteiger partial charge in [0.25, 0.3) is 0 Å². The number of anilines is 1. The average Bonchev–Trinajstić information content (AvgIpc) is 3.32. The van der Waals surface area contributed by atoms with Crippen LogP contribution < -0.4 is 15.5 Å². The summed E-state index contributed by atoms with van der Waals surface area (Å²) in [5.41, 5.74) is 1.34. The van der Waals surface area contributed by atoms with Gasteiger partial charge in [-0.2, -0.15) is 0 Å². The van der Waals surface area contributed by atoms with Crippen molar-refractivity contribution in [3.8, 4) is 0 Å². The molecule has 2 aromatic rings.